The van der Waals surface area contributed by atoms with Crippen LogP contribution in [0.3, 0.4) is 0 Å². The van der Waals surface area contributed by atoms with Crippen LogP contribution in [0.15, 0.2) is 36.4 Å². The Hall–Kier alpha value is -2.53. The van der Waals surface area contributed by atoms with Crippen molar-refractivity contribution in [2.75, 3.05) is 40.4 Å². The predicted octanol–water partition coefficient (Wildman–Crippen LogP) is 3.54. The van der Waals surface area contributed by atoms with E-state index in [1.54, 1.807) is 14.2 Å². The minimum absolute atomic E-state index is 0.171. The number of piperazine rings is 1. The van der Waals surface area contributed by atoms with Crippen LogP contribution in [0.5, 0.6) is 11.5 Å². The van der Waals surface area contributed by atoms with Crippen LogP contribution in [-0.4, -0.2) is 56.1 Å². The zero-order chi connectivity index (χ0) is 20.2. The third kappa shape index (κ3) is 4.40. The first kappa shape index (κ1) is 19.8. The van der Waals surface area contributed by atoms with Crippen molar-refractivity contribution in [1.29, 1.82) is 0 Å². The monoisotopic (exact) mass is 394 g/mol. The molecule has 2 aromatic carbocycles. The van der Waals surface area contributed by atoms with E-state index < -0.39 is 0 Å². The molecule has 1 heterocycles. The molecule has 1 aliphatic heterocycles. The van der Waals surface area contributed by atoms with Crippen LogP contribution in [0.1, 0.15) is 39.9 Å². The molecular weight excluding hydrogens is 364 g/mol. The summed E-state index contributed by atoms with van der Waals surface area (Å²) < 4.78 is 10.7. The van der Waals surface area contributed by atoms with Crippen molar-refractivity contribution in [1.82, 2.24) is 9.80 Å². The number of nitrogens with zero attached hydrogens (tertiary/aromatic N) is 2. The number of carbonyl (C=O) groups is 1. The Kier molecular flexibility index (Phi) is 6.05. The largest absolute Gasteiger partial charge is 0.493 e. The van der Waals surface area contributed by atoms with Crippen molar-refractivity contribution in [2.24, 2.45) is 0 Å². The summed E-state index contributed by atoms with van der Waals surface area (Å²) in [6.45, 7) is 4.14. The van der Waals surface area contributed by atoms with Gasteiger partial charge in [-0.1, -0.05) is 12.1 Å². The Balaban J connectivity index is 1.35. The lowest BCUT2D eigenvalue weighted by molar-refractivity contribution is 0.0628. The van der Waals surface area contributed by atoms with E-state index in [0.29, 0.717) is 0 Å². The Morgan fingerprint density at radius 1 is 0.862 bits per heavy atom. The molecule has 29 heavy (non-hydrogen) atoms. The normalized spacial score (nSPS) is 17.0. The SMILES string of the molecule is COc1ccc(CN2CCN(C(=O)c3ccc4c(c3)CCCC4)CC2)cc1OC. The number of amides is 1. The Morgan fingerprint density at radius 2 is 1.59 bits per heavy atom. The third-order valence-electron chi connectivity index (χ3n) is 6.11. The second-order valence-electron chi connectivity index (χ2n) is 7.95. The minimum Gasteiger partial charge on any atom is -0.493 e. The van der Waals surface area contributed by atoms with Gasteiger partial charge in [0.1, 0.15) is 0 Å². The van der Waals surface area contributed by atoms with Crippen LogP contribution >= 0.6 is 0 Å². The van der Waals surface area contributed by atoms with Crippen LogP contribution in [0, 0.1) is 0 Å². The summed E-state index contributed by atoms with van der Waals surface area (Å²) in [4.78, 5) is 17.4. The highest BCUT2D eigenvalue weighted by atomic mass is 16.5. The van der Waals surface area contributed by atoms with Crippen molar-refractivity contribution < 1.29 is 14.3 Å². The summed E-state index contributed by atoms with van der Waals surface area (Å²) >= 11 is 0. The molecule has 1 aliphatic carbocycles. The van der Waals surface area contributed by atoms with Gasteiger partial charge in [-0.15, -0.1) is 0 Å². The molecule has 154 valence electrons. The van der Waals surface area contributed by atoms with E-state index in [1.807, 2.05) is 23.1 Å². The molecule has 1 saturated heterocycles. The van der Waals surface area contributed by atoms with Crippen LogP contribution < -0.4 is 9.47 Å². The summed E-state index contributed by atoms with van der Waals surface area (Å²) in [6.07, 6.45) is 4.76. The summed E-state index contributed by atoms with van der Waals surface area (Å²) in [5.74, 6) is 1.67. The van der Waals surface area contributed by atoms with E-state index in [1.165, 1.54) is 29.5 Å². The Labute approximate surface area is 173 Å². The van der Waals surface area contributed by atoms with Gasteiger partial charge in [0.15, 0.2) is 11.5 Å². The van der Waals surface area contributed by atoms with E-state index in [4.69, 9.17) is 9.47 Å². The topological polar surface area (TPSA) is 42.0 Å². The van der Waals surface area contributed by atoms with Gasteiger partial charge < -0.3 is 14.4 Å². The number of aryl methyl sites for hydroxylation is 2. The van der Waals surface area contributed by atoms with Gasteiger partial charge in [-0.3, -0.25) is 9.69 Å². The molecule has 0 radical (unpaired) electrons. The number of ether oxygens (including phenoxy) is 2. The molecule has 5 heteroatoms. The van der Waals surface area contributed by atoms with Crippen molar-refractivity contribution >= 4 is 5.91 Å². The summed E-state index contributed by atoms with van der Waals surface area (Å²) in [6, 6.07) is 12.4. The van der Waals surface area contributed by atoms with Gasteiger partial charge in [0.25, 0.3) is 5.91 Å². The molecule has 0 saturated carbocycles. The summed E-state index contributed by atoms with van der Waals surface area (Å²) in [5, 5.41) is 0. The van der Waals surface area contributed by atoms with Gasteiger partial charge in [-0.25, -0.2) is 0 Å². The molecule has 2 aromatic rings. The number of hydrogen-bond acceptors (Lipinski definition) is 4. The summed E-state index contributed by atoms with van der Waals surface area (Å²) in [7, 11) is 3.31. The van der Waals surface area contributed by atoms with E-state index >= 15 is 0 Å². The lowest BCUT2D eigenvalue weighted by atomic mass is 9.90. The fraction of sp³-hybridized carbons (Fsp3) is 0.458. The van der Waals surface area contributed by atoms with Crippen molar-refractivity contribution in [3.8, 4) is 11.5 Å². The van der Waals surface area contributed by atoms with Gasteiger partial charge >= 0.3 is 0 Å². The fourth-order valence-electron chi connectivity index (χ4n) is 4.40. The Bertz CT molecular complexity index is 872. The quantitative estimate of drug-likeness (QED) is 0.778. The highest BCUT2D eigenvalue weighted by molar-refractivity contribution is 5.94. The standard InChI is InChI=1S/C24H30N2O3/c1-28-22-10-7-18(15-23(22)29-2)17-25-11-13-26(14-12-25)24(27)21-9-8-19-5-3-4-6-20(19)16-21/h7-10,15-16H,3-6,11-14,17H2,1-2H3. The number of rotatable bonds is 5. The molecule has 0 aromatic heterocycles. The average molecular weight is 395 g/mol. The van der Waals surface area contributed by atoms with E-state index in [2.05, 4.69) is 23.1 Å². The highest BCUT2D eigenvalue weighted by Gasteiger charge is 2.23. The molecule has 0 spiro atoms. The van der Waals surface area contributed by atoms with Crippen LogP contribution in [-0.2, 0) is 19.4 Å². The summed E-state index contributed by atoms with van der Waals surface area (Å²) in [5.41, 5.74) is 4.83. The zero-order valence-corrected chi connectivity index (χ0v) is 17.4. The molecule has 4 rings (SSSR count). The predicted molar refractivity (Wildman–Crippen MR) is 114 cm³/mol. The van der Waals surface area contributed by atoms with Crippen molar-refractivity contribution in [3.63, 3.8) is 0 Å². The first-order valence-corrected chi connectivity index (χ1v) is 10.5. The Morgan fingerprint density at radius 3 is 2.31 bits per heavy atom. The highest BCUT2D eigenvalue weighted by Crippen LogP contribution is 2.28. The number of carbonyl (C=O) groups excluding carboxylic acids is 1. The lowest BCUT2D eigenvalue weighted by Gasteiger charge is -2.35. The van der Waals surface area contributed by atoms with E-state index in [-0.39, 0.29) is 5.91 Å². The number of benzene rings is 2. The fourth-order valence-corrected chi connectivity index (χ4v) is 4.40. The van der Waals surface area contributed by atoms with Crippen molar-refractivity contribution in [2.45, 2.75) is 32.2 Å². The van der Waals surface area contributed by atoms with Gasteiger partial charge in [0, 0.05) is 38.3 Å². The maximum atomic E-state index is 13.0. The maximum Gasteiger partial charge on any atom is 0.253 e. The van der Waals surface area contributed by atoms with Crippen LogP contribution in [0.25, 0.3) is 0 Å². The third-order valence-corrected chi connectivity index (χ3v) is 6.11. The molecule has 0 atom stereocenters. The average Bonchev–Trinajstić information content (AvgIpc) is 2.78. The zero-order valence-electron chi connectivity index (χ0n) is 17.4. The molecule has 5 nitrogen and oxygen atoms in total. The van der Waals surface area contributed by atoms with Crippen molar-refractivity contribution in [3.05, 3.63) is 58.7 Å². The lowest BCUT2D eigenvalue weighted by Crippen LogP contribution is -2.48. The molecular formula is C24H30N2O3. The first-order chi connectivity index (χ1) is 14.2. The second kappa shape index (κ2) is 8.87. The minimum atomic E-state index is 0.171. The van der Waals surface area contributed by atoms with Gasteiger partial charge in [0.05, 0.1) is 14.2 Å². The van der Waals surface area contributed by atoms with Gasteiger partial charge in [0.2, 0.25) is 0 Å². The van der Waals surface area contributed by atoms with Crippen LogP contribution in [0.2, 0.25) is 0 Å². The molecule has 1 fully saturated rings. The van der Waals surface area contributed by atoms with Gasteiger partial charge in [-0.05, 0) is 66.6 Å². The molecule has 2 aliphatic rings. The van der Waals surface area contributed by atoms with E-state index in [0.717, 1.165) is 62.6 Å². The van der Waals surface area contributed by atoms with Gasteiger partial charge in [-0.2, -0.15) is 0 Å². The molecule has 1 amide bonds. The number of hydrogen-bond donors (Lipinski definition) is 0. The number of fused-ring (bicyclic) bond motifs is 1. The smallest absolute Gasteiger partial charge is 0.253 e. The maximum absolute atomic E-state index is 13.0. The number of methoxy groups -OCH3 is 2. The molecule has 0 bridgehead atoms. The van der Waals surface area contributed by atoms with E-state index in [9.17, 15) is 4.79 Å². The molecule has 0 N–H and O–H groups in total. The van der Waals surface area contributed by atoms with Crippen LogP contribution in [0.4, 0.5) is 0 Å². The first-order valence-electron chi connectivity index (χ1n) is 10.5. The molecule has 0 unspecified atom stereocenters. The second-order valence-corrected chi connectivity index (χ2v) is 7.95.